The van der Waals surface area contributed by atoms with E-state index in [9.17, 15) is 9.90 Å². The number of hydrogen-bond acceptors (Lipinski definition) is 2. The molecule has 1 aliphatic carbocycles. The van der Waals surface area contributed by atoms with Crippen LogP contribution in [0.5, 0.6) is 0 Å². The fourth-order valence-corrected chi connectivity index (χ4v) is 4.55. The third-order valence-corrected chi connectivity index (χ3v) is 5.71. The van der Waals surface area contributed by atoms with Gasteiger partial charge in [0.05, 0.1) is 12.6 Å². The summed E-state index contributed by atoms with van der Waals surface area (Å²) in [6, 6.07) is 25.3. The lowest BCUT2D eigenvalue weighted by atomic mass is 9.83. The lowest BCUT2D eigenvalue weighted by molar-refractivity contribution is 0.0452. The molecule has 0 fully saturated rings. The largest absolute Gasteiger partial charge is 0.394 e. The van der Waals surface area contributed by atoms with Crippen LogP contribution in [-0.4, -0.2) is 22.5 Å². The Kier molecular flexibility index (Phi) is 3.52. The molecule has 2 atom stereocenters. The van der Waals surface area contributed by atoms with Gasteiger partial charge in [0.1, 0.15) is 5.54 Å². The molecule has 3 aromatic rings. The van der Waals surface area contributed by atoms with Crippen LogP contribution in [0.15, 0.2) is 84.9 Å². The lowest BCUT2D eigenvalue weighted by Gasteiger charge is -2.40. The zero-order valence-electron chi connectivity index (χ0n) is 14.7. The molecule has 0 saturated heterocycles. The fraction of sp³-hybridized carbons (Fsp3) is 0.125. The van der Waals surface area contributed by atoms with Crippen LogP contribution in [0.1, 0.15) is 38.7 Å². The highest BCUT2D eigenvalue weighted by atomic mass is 16.3. The number of carbonyl (C=O) groups excluding carboxylic acids is 1. The predicted octanol–water partition coefficient (Wildman–Crippen LogP) is 4.15. The topological polar surface area (TPSA) is 40.5 Å². The Labute approximate surface area is 158 Å². The molecule has 3 aromatic carbocycles. The average Bonchev–Trinajstić information content (AvgIpc) is 3.23. The first-order valence-electron chi connectivity index (χ1n) is 9.15. The van der Waals surface area contributed by atoms with Crippen LogP contribution in [-0.2, 0) is 5.54 Å². The van der Waals surface area contributed by atoms with Crippen molar-refractivity contribution in [2.24, 2.45) is 0 Å². The van der Waals surface area contributed by atoms with Crippen LogP contribution in [0, 0.1) is 0 Å². The predicted molar refractivity (Wildman–Crippen MR) is 105 cm³/mol. The maximum Gasteiger partial charge on any atom is 0.256 e. The van der Waals surface area contributed by atoms with E-state index in [0.717, 1.165) is 22.3 Å². The molecule has 1 heterocycles. The molecule has 1 aliphatic heterocycles. The first kappa shape index (κ1) is 16.0. The van der Waals surface area contributed by atoms with Crippen molar-refractivity contribution < 1.29 is 9.90 Å². The fourth-order valence-electron chi connectivity index (χ4n) is 4.55. The molecule has 0 saturated carbocycles. The van der Waals surface area contributed by atoms with Crippen molar-refractivity contribution in [3.8, 4) is 0 Å². The van der Waals surface area contributed by atoms with Crippen LogP contribution < -0.4 is 0 Å². The quantitative estimate of drug-likeness (QED) is 0.769. The van der Waals surface area contributed by atoms with E-state index in [-0.39, 0.29) is 12.5 Å². The molecule has 0 unspecified atom stereocenters. The highest BCUT2D eigenvalue weighted by Gasteiger charge is 2.54. The van der Waals surface area contributed by atoms with Crippen molar-refractivity contribution in [1.29, 1.82) is 0 Å². The monoisotopic (exact) mass is 353 g/mol. The van der Waals surface area contributed by atoms with Crippen molar-refractivity contribution in [2.45, 2.75) is 11.6 Å². The van der Waals surface area contributed by atoms with Gasteiger partial charge < -0.3 is 10.0 Å². The Morgan fingerprint density at radius 1 is 0.852 bits per heavy atom. The van der Waals surface area contributed by atoms with Gasteiger partial charge in [0.2, 0.25) is 0 Å². The van der Waals surface area contributed by atoms with Crippen LogP contribution in [0.3, 0.4) is 0 Å². The van der Waals surface area contributed by atoms with E-state index >= 15 is 0 Å². The van der Waals surface area contributed by atoms with E-state index in [1.165, 1.54) is 0 Å². The number of fused-ring (bicyclic) bond motifs is 4. The van der Waals surface area contributed by atoms with Gasteiger partial charge in [-0.25, -0.2) is 0 Å². The SMILES string of the molecule is O=C1c2ccccc2[C@@]2(C=Cc3ccccc32)N1[C@@H](CO)c1ccccc1. The summed E-state index contributed by atoms with van der Waals surface area (Å²) >= 11 is 0. The molecule has 5 rings (SSSR count). The Bertz CT molecular complexity index is 1060. The van der Waals surface area contributed by atoms with E-state index in [1.807, 2.05) is 71.6 Å². The van der Waals surface area contributed by atoms with Crippen LogP contribution >= 0.6 is 0 Å². The number of rotatable bonds is 3. The van der Waals surface area contributed by atoms with Gasteiger partial charge in [0, 0.05) is 5.56 Å². The Hall–Kier alpha value is -3.17. The summed E-state index contributed by atoms with van der Waals surface area (Å²) in [4.78, 5) is 15.4. The lowest BCUT2D eigenvalue weighted by Crippen LogP contribution is -2.46. The van der Waals surface area contributed by atoms with E-state index in [1.54, 1.807) is 0 Å². The zero-order valence-corrected chi connectivity index (χ0v) is 14.7. The minimum atomic E-state index is -0.687. The van der Waals surface area contributed by atoms with Crippen molar-refractivity contribution in [3.63, 3.8) is 0 Å². The summed E-state index contributed by atoms with van der Waals surface area (Å²) < 4.78 is 0. The number of aliphatic hydroxyl groups excluding tert-OH is 1. The first-order chi connectivity index (χ1) is 13.3. The van der Waals surface area contributed by atoms with E-state index < -0.39 is 11.6 Å². The van der Waals surface area contributed by atoms with Gasteiger partial charge in [-0.15, -0.1) is 0 Å². The Balaban J connectivity index is 1.79. The molecule has 27 heavy (non-hydrogen) atoms. The van der Waals surface area contributed by atoms with E-state index in [2.05, 4.69) is 24.3 Å². The molecule has 0 radical (unpaired) electrons. The number of nitrogens with zero attached hydrogens (tertiary/aromatic N) is 1. The molecule has 1 spiro atoms. The average molecular weight is 353 g/mol. The van der Waals surface area contributed by atoms with Gasteiger partial charge in [-0.05, 0) is 34.4 Å². The molecule has 3 nitrogen and oxygen atoms in total. The molecule has 3 heteroatoms. The summed E-state index contributed by atoms with van der Waals surface area (Å²) in [6.07, 6.45) is 4.18. The Morgan fingerprint density at radius 2 is 1.52 bits per heavy atom. The first-order valence-corrected chi connectivity index (χ1v) is 9.15. The van der Waals surface area contributed by atoms with E-state index in [0.29, 0.717) is 5.56 Å². The maximum absolute atomic E-state index is 13.5. The minimum Gasteiger partial charge on any atom is -0.394 e. The highest BCUT2D eigenvalue weighted by Crippen LogP contribution is 2.52. The van der Waals surface area contributed by atoms with Gasteiger partial charge in [-0.2, -0.15) is 0 Å². The Morgan fingerprint density at radius 3 is 2.30 bits per heavy atom. The standard InChI is InChI=1S/C24H19NO2/c26-16-22(18-9-2-1-3-10-18)25-23(27)19-11-5-7-13-21(19)24(25)15-14-17-8-4-6-12-20(17)24/h1-15,22,26H,16H2/t22-,24-/m0/s1. The molecule has 2 aliphatic rings. The molecule has 132 valence electrons. The van der Waals surface area contributed by atoms with Gasteiger partial charge >= 0.3 is 0 Å². The molecule has 0 aromatic heterocycles. The minimum absolute atomic E-state index is 0.0464. The maximum atomic E-state index is 13.5. The van der Waals surface area contributed by atoms with Gasteiger partial charge in [-0.3, -0.25) is 4.79 Å². The second-order valence-corrected chi connectivity index (χ2v) is 7.02. The van der Waals surface area contributed by atoms with Crippen LogP contribution in [0.25, 0.3) is 6.08 Å². The van der Waals surface area contributed by atoms with Gasteiger partial charge in [0.15, 0.2) is 0 Å². The molecule has 0 bridgehead atoms. The summed E-state index contributed by atoms with van der Waals surface area (Å²) in [7, 11) is 0. The summed E-state index contributed by atoms with van der Waals surface area (Å²) in [5, 5.41) is 10.3. The molecule has 1 amide bonds. The van der Waals surface area contributed by atoms with Crippen LogP contribution in [0.2, 0.25) is 0 Å². The summed E-state index contributed by atoms with van der Waals surface area (Å²) in [5.74, 6) is -0.0464. The second kappa shape index (κ2) is 5.93. The number of aliphatic hydroxyl groups is 1. The number of hydrogen-bond donors (Lipinski definition) is 1. The van der Waals surface area contributed by atoms with Crippen LogP contribution in [0.4, 0.5) is 0 Å². The number of amides is 1. The van der Waals surface area contributed by atoms with Crippen molar-refractivity contribution >= 4 is 12.0 Å². The van der Waals surface area contributed by atoms with E-state index in [4.69, 9.17) is 0 Å². The van der Waals surface area contributed by atoms with Crippen molar-refractivity contribution in [2.75, 3.05) is 6.61 Å². The number of benzene rings is 3. The molecular weight excluding hydrogens is 334 g/mol. The molecular formula is C24H19NO2. The number of carbonyl (C=O) groups is 1. The third kappa shape index (κ3) is 2.09. The summed E-state index contributed by atoms with van der Waals surface area (Å²) in [5.41, 5.74) is 4.11. The van der Waals surface area contributed by atoms with Crippen molar-refractivity contribution in [3.05, 3.63) is 113 Å². The zero-order chi connectivity index (χ0) is 18.4. The smallest absolute Gasteiger partial charge is 0.256 e. The third-order valence-electron chi connectivity index (χ3n) is 5.71. The van der Waals surface area contributed by atoms with Gasteiger partial charge in [0.25, 0.3) is 5.91 Å². The highest BCUT2D eigenvalue weighted by molar-refractivity contribution is 6.02. The second-order valence-electron chi connectivity index (χ2n) is 7.02. The van der Waals surface area contributed by atoms with Gasteiger partial charge in [-0.1, -0.05) is 78.9 Å². The molecule has 1 N–H and O–H groups in total. The normalized spacial score (nSPS) is 20.8. The summed E-state index contributed by atoms with van der Waals surface area (Å²) in [6.45, 7) is -0.137. The van der Waals surface area contributed by atoms with Crippen molar-refractivity contribution in [1.82, 2.24) is 4.90 Å².